The van der Waals surface area contributed by atoms with Gasteiger partial charge < -0.3 is 9.83 Å². The summed E-state index contributed by atoms with van der Waals surface area (Å²) in [6, 6.07) is 8.14. The minimum atomic E-state index is -1.40. The minimum absolute atomic E-state index is 0.124. The van der Waals surface area contributed by atoms with Gasteiger partial charge in [0.2, 0.25) is 0 Å². The number of rotatable bonds is 3. The van der Waals surface area contributed by atoms with Gasteiger partial charge in [-0.25, -0.2) is 4.21 Å². The highest BCUT2D eigenvalue weighted by Gasteiger charge is 2.10. The van der Waals surface area contributed by atoms with E-state index in [0.717, 1.165) is 0 Å². The van der Waals surface area contributed by atoms with Crippen LogP contribution in [0, 0.1) is 0 Å². The summed E-state index contributed by atoms with van der Waals surface area (Å²) in [5.41, 5.74) is 0.586. The second kappa shape index (κ2) is 4.86. The van der Waals surface area contributed by atoms with Crippen LogP contribution >= 0.6 is 22.9 Å². The summed E-state index contributed by atoms with van der Waals surface area (Å²) in [4.78, 5) is 0. The Kier molecular flexibility index (Phi) is 3.48. The molecular formula is C10H8ClNO2S2. The number of hydrogen-bond donors (Lipinski definition) is 2. The third kappa shape index (κ3) is 2.55. The molecule has 0 aliphatic carbocycles. The molecule has 16 heavy (non-hydrogen) atoms. The first-order valence-electron chi connectivity index (χ1n) is 4.37. The van der Waals surface area contributed by atoms with Crippen molar-refractivity contribution in [2.75, 3.05) is 4.72 Å². The number of aromatic hydroxyl groups is 1. The highest BCUT2D eigenvalue weighted by Crippen LogP contribution is 2.27. The molecule has 0 aliphatic rings. The summed E-state index contributed by atoms with van der Waals surface area (Å²) < 4.78 is 15.2. The van der Waals surface area contributed by atoms with Crippen molar-refractivity contribution in [3.05, 3.63) is 40.7 Å². The second-order valence-electron chi connectivity index (χ2n) is 2.98. The number of halogens is 1. The molecule has 1 heterocycles. The molecule has 0 saturated carbocycles. The van der Waals surface area contributed by atoms with E-state index in [9.17, 15) is 9.32 Å². The quantitative estimate of drug-likeness (QED) is 0.902. The highest BCUT2D eigenvalue weighted by molar-refractivity contribution is 7.88. The third-order valence-corrected chi connectivity index (χ3v) is 4.78. The molecule has 3 nitrogen and oxygen atoms in total. The molecule has 0 spiro atoms. The average molecular weight is 274 g/mol. The van der Waals surface area contributed by atoms with Gasteiger partial charge in [0.05, 0.1) is 10.7 Å². The first kappa shape index (κ1) is 11.4. The van der Waals surface area contributed by atoms with Crippen LogP contribution < -0.4 is 4.72 Å². The van der Waals surface area contributed by atoms with E-state index >= 15 is 0 Å². The number of phenols is 1. The van der Waals surface area contributed by atoms with Gasteiger partial charge in [-0.15, -0.1) is 11.3 Å². The highest BCUT2D eigenvalue weighted by atomic mass is 35.5. The van der Waals surface area contributed by atoms with Crippen LogP contribution in [0.5, 0.6) is 5.75 Å². The molecule has 84 valence electrons. The maximum atomic E-state index is 11.9. The summed E-state index contributed by atoms with van der Waals surface area (Å²) in [6.45, 7) is 0. The smallest absolute Gasteiger partial charge is 0.162 e. The summed E-state index contributed by atoms with van der Waals surface area (Å²) >= 11 is 7.18. The van der Waals surface area contributed by atoms with Crippen molar-refractivity contribution < 1.29 is 9.32 Å². The van der Waals surface area contributed by atoms with E-state index in [0.29, 0.717) is 14.9 Å². The first-order valence-corrected chi connectivity index (χ1v) is 6.78. The lowest BCUT2D eigenvalue weighted by Gasteiger charge is -2.04. The van der Waals surface area contributed by atoms with Crippen LogP contribution in [0.4, 0.5) is 5.69 Å². The summed E-state index contributed by atoms with van der Waals surface area (Å²) in [5, 5.41) is 11.5. The van der Waals surface area contributed by atoms with E-state index in [4.69, 9.17) is 11.6 Å². The van der Waals surface area contributed by atoms with Gasteiger partial charge in [-0.3, -0.25) is 0 Å². The Morgan fingerprint density at radius 3 is 2.81 bits per heavy atom. The topological polar surface area (TPSA) is 49.3 Å². The molecule has 0 bridgehead atoms. The standard InChI is InChI=1S/C10H8ClNO2S2/c11-9-4-5-15-10(9)16(14)12-7-2-1-3-8(13)6-7/h1-6,12-13H. The molecule has 2 rings (SSSR count). The summed E-state index contributed by atoms with van der Waals surface area (Å²) in [7, 11) is -1.40. The number of phenolic OH excluding ortho intramolecular Hbond substituents is 1. The van der Waals surface area contributed by atoms with Crippen molar-refractivity contribution >= 4 is 39.6 Å². The molecule has 0 aliphatic heterocycles. The largest absolute Gasteiger partial charge is 0.508 e. The van der Waals surface area contributed by atoms with Crippen molar-refractivity contribution in [1.29, 1.82) is 0 Å². The fourth-order valence-electron chi connectivity index (χ4n) is 1.13. The number of hydrogen-bond acceptors (Lipinski definition) is 3. The molecule has 0 fully saturated rings. The molecule has 0 amide bonds. The van der Waals surface area contributed by atoms with Crippen LogP contribution in [0.3, 0.4) is 0 Å². The molecule has 2 aromatic rings. The number of anilines is 1. The van der Waals surface area contributed by atoms with Crippen LogP contribution in [0.25, 0.3) is 0 Å². The monoisotopic (exact) mass is 273 g/mol. The Morgan fingerprint density at radius 2 is 2.19 bits per heavy atom. The third-order valence-electron chi connectivity index (χ3n) is 1.81. The van der Waals surface area contributed by atoms with Gasteiger partial charge in [-0.2, -0.15) is 0 Å². The molecule has 0 radical (unpaired) electrons. The SMILES string of the molecule is O=S(Nc1cccc(O)c1)c1sccc1Cl. The predicted molar refractivity (Wildman–Crippen MR) is 67.5 cm³/mol. The Bertz CT molecular complexity index is 527. The van der Waals surface area contributed by atoms with E-state index in [1.54, 1.807) is 29.6 Å². The van der Waals surface area contributed by atoms with E-state index in [1.165, 1.54) is 17.4 Å². The van der Waals surface area contributed by atoms with Crippen LogP contribution in [-0.4, -0.2) is 9.32 Å². The zero-order valence-corrected chi connectivity index (χ0v) is 10.4. The van der Waals surface area contributed by atoms with E-state index in [-0.39, 0.29) is 5.75 Å². The molecule has 1 atom stereocenters. The zero-order valence-electron chi connectivity index (χ0n) is 8.01. The van der Waals surface area contributed by atoms with Crippen LogP contribution in [0.1, 0.15) is 0 Å². The average Bonchev–Trinajstić information content (AvgIpc) is 2.64. The molecule has 1 unspecified atom stereocenters. The lowest BCUT2D eigenvalue weighted by molar-refractivity contribution is 0.475. The number of nitrogens with one attached hydrogen (secondary N) is 1. The normalized spacial score (nSPS) is 12.3. The predicted octanol–water partition coefficient (Wildman–Crippen LogP) is 3.24. The van der Waals surface area contributed by atoms with Crippen molar-refractivity contribution in [2.45, 2.75) is 4.21 Å². The van der Waals surface area contributed by atoms with Gasteiger partial charge in [0, 0.05) is 6.07 Å². The Hall–Kier alpha value is -1.04. The van der Waals surface area contributed by atoms with Crippen molar-refractivity contribution in [2.24, 2.45) is 0 Å². The second-order valence-corrected chi connectivity index (χ2v) is 5.71. The molecular weight excluding hydrogens is 266 g/mol. The Morgan fingerprint density at radius 1 is 1.38 bits per heavy atom. The van der Waals surface area contributed by atoms with Gasteiger partial charge in [-0.05, 0) is 23.6 Å². The summed E-state index contributed by atoms with van der Waals surface area (Å²) in [5.74, 6) is 0.124. The van der Waals surface area contributed by atoms with Crippen molar-refractivity contribution in [3.63, 3.8) is 0 Å². The van der Waals surface area contributed by atoms with Crippen molar-refractivity contribution in [3.8, 4) is 5.75 Å². The minimum Gasteiger partial charge on any atom is -0.508 e. The van der Waals surface area contributed by atoms with E-state index in [2.05, 4.69) is 4.72 Å². The fraction of sp³-hybridized carbons (Fsp3) is 0. The van der Waals surface area contributed by atoms with Gasteiger partial charge in [-0.1, -0.05) is 17.7 Å². The summed E-state index contributed by atoms with van der Waals surface area (Å²) in [6.07, 6.45) is 0. The zero-order chi connectivity index (χ0) is 11.5. The molecule has 6 heteroatoms. The maximum Gasteiger partial charge on any atom is 0.162 e. The van der Waals surface area contributed by atoms with Gasteiger partial charge in [0.1, 0.15) is 9.96 Å². The van der Waals surface area contributed by atoms with Gasteiger partial charge in [0.25, 0.3) is 0 Å². The fourth-order valence-corrected chi connectivity index (χ4v) is 3.44. The van der Waals surface area contributed by atoms with Crippen LogP contribution in [-0.2, 0) is 11.0 Å². The Labute approximate surface area is 104 Å². The van der Waals surface area contributed by atoms with Crippen LogP contribution in [0.2, 0.25) is 5.02 Å². The van der Waals surface area contributed by atoms with Gasteiger partial charge in [0.15, 0.2) is 11.0 Å². The van der Waals surface area contributed by atoms with Crippen molar-refractivity contribution in [1.82, 2.24) is 0 Å². The lowest BCUT2D eigenvalue weighted by atomic mass is 10.3. The molecule has 0 saturated heterocycles. The van der Waals surface area contributed by atoms with E-state index in [1.807, 2.05) is 0 Å². The number of benzene rings is 1. The lowest BCUT2D eigenvalue weighted by Crippen LogP contribution is -2.03. The first-order chi connectivity index (χ1) is 7.66. The van der Waals surface area contributed by atoms with Crippen LogP contribution in [0.15, 0.2) is 39.9 Å². The number of thiophene rings is 1. The Balaban J connectivity index is 2.17. The molecule has 1 aromatic heterocycles. The molecule has 2 N–H and O–H groups in total. The molecule has 1 aromatic carbocycles. The van der Waals surface area contributed by atoms with E-state index < -0.39 is 11.0 Å². The maximum absolute atomic E-state index is 11.9. The van der Waals surface area contributed by atoms with Gasteiger partial charge >= 0.3 is 0 Å².